The number of thiophene rings is 1. The first-order valence-corrected chi connectivity index (χ1v) is 18.5. The normalized spacial score (nSPS) is 24.2. The van der Waals surface area contributed by atoms with Crippen LogP contribution in [0.2, 0.25) is 5.02 Å². The van der Waals surface area contributed by atoms with E-state index < -0.39 is 21.6 Å². The maximum absolute atomic E-state index is 13.7. The van der Waals surface area contributed by atoms with Gasteiger partial charge in [0.25, 0.3) is 15.9 Å². The Balaban J connectivity index is 1.06. The standard InChI is InChI=1S/C33H40ClN5O5S2/c1-33(22-37-17-13-26(20-37)36(2)31(41)23-8-4-3-5-9-23)14-7-16-39(33)29(40)21-38-15-6-10-27(32(38)42)35-46(43,44)30-19-24-18-25(34)11-12-28(24)45-30/h3-5,8-9,11-12,18-19,26-27,35H,6-7,10,13-17,20-22H2,1-2H3/t26?,27-,33-/m0/s1. The number of likely N-dealkylation sites (N-methyl/N-ethyl adjacent to an activating group) is 1. The van der Waals surface area contributed by atoms with Crippen molar-refractivity contribution in [3.05, 3.63) is 65.2 Å². The molecule has 2 aromatic carbocycles. The zero-order valence-corrected chi connectivity index (χ0v) is 28.5. The summed E-state index contributed by atoms with van der Waals surface area (Å²) in [6.45, 7) is 5.33. The van der Waals surface area contributed by atoms with Crippen LogP contribution < -0.4 is 4.72 Å². The fraction of sp³-hybridized carbons (Fsp3) is 0.485. The highest BCUT2D eigenvalue weighted by Crippen LogP contribution is 2.33. The molecule has 246 valence electrons. The number of rotatable bonds is 9. The third-order valence-electron chi connectivity index (χ3n) is 9.63. The Morgan fingerprint density at radius 2 is 1.85 bits per heavy atom. The van der Waals surface area contributed by atoms with Crippen LogP contribution in [0, 0.1) is 0 Å². The van der Waals surface area contributed by atoms with Crippen molar-refractivity contribution in [1.82, 2.24) is 24.3 Å². The topological polar surface area (TPSA) is 110 Å². The van der Waals surface area contributed by atoms with Gasteiger partial charge in [-0.2, -0.15) is 4.72 Å². The lowest BCUT2D eigenvalue weighted by molar-refractivity contribution is -0.145. The lowest BCUT2D eigenvalue weighted by atomic mass is 9.97. The second kappa shape index (κ2) is 13.2. The lowest BCUT2D eigenvalue weighted by Gasteiger charge is -2.40. The Morgan fingerprint density at radius 1 is 1.07 bits per heavy atom. The number of nitrogens with one attached hydrogen (secondary N) is 1. The number of fused-ring (bicyclic) bond motifs is 1. The van der Waals surface area contributed by atoms with E-state index in [1.54, 1.807) is 24.3 Å². The van der Waals surface area contributed by atoms with Crippen LogP contribution in [0.4, 0.5) is 0 Å². The fourth-order valence-electron chi connectivity index (χ4n) is 7.14. The summed E-state index contributed by atoms with van der Waals surface area (Å²) >= 11 is 7.20. The van der Waals surface area contributed by atoms with Crippen LogP contribution in [0.3, 0.4) is 0 Å². The molecule has 13 heteroatoms. The number of sulfonamides is 1. The third kappa shape index (κ3) is 6.82. The zero-order valence-electron chi connectivity index (χ0n) is 26.2. The number of carbonyl (C=O) groups is 3. The number of piperidine rings is 1. The summed E-state index contributed by atoms with van der Waals surface area (Å²) in [5, 5.41) is 1.25. The van der Waals surface area contributed by atoms with Crippen LogP contribution in [-0.2, 0) is 19.6 Å². The number of likely N-dealkylation sites (tertiary alicyclic amines) is 3. The maximum Gasteiger partial charge on any atom is 0.253 e. The van der Waals surface area contributed by atoms with E-state index >= 15 is 0 Å². The van der Waals surface area contributed by atoms with Gasteiger partial charge in [-0.15, -0.1) is 11.3 Å². The van der Waals surface area contributed by atoms with Crippen LogP contribution in [0.1, 0.15) is 49.4 Å². The quantitative estimate of drug-likeness (QED) is 0.364. The van der Waals surface area contributed by atoms with Crippen molar-refractivity contribution in [3.63, 3.8) is 0 Å². The molecule has 0 aliphatic carbocycles. The van der Waals surface area contributed by atoms with E-state index in [2.05, 4.69) is 16.5 Å². The summed E-state index contributed by atoms with van der Waals surface area (Å²) in [6.07, 6.45) is 3.57. The molecular weight excluding hydrogens is 646 g/mol. The van der Waals surface area contributed by atoms with E-state index in [1.807, 2.05) is 47.2 Å². The Bertz CT molecular complexity index is 1730. The molecule has 1 unspecified atom stereocenters. The summed E-state index contributed by atoms with van der Waals surface area (Å²) < 4.78 is 30.0. The highest BCUT2D eigenvalue weighted by atomic mass is 35.5. The molecule has 0 saturated carbocycles. The molecule has 3 amide bonds. The Hall–Kier alpha value is -3.03. The van der Waals surface area contributed by atoms with Gasteiger partial charge < -0.3 is 14.7 Å². The van der Waals surface area contributed by atoms with Gasteiger partial charge in [0, 0.05) is 61.1 Å². The SMILES string of the molecule is CN(C(=O)c1ccccc1)C1CCN(C[C@]2(C)CCCN2C(=O)CN2CCC[C@H](NS(=O)(=O)c3cc4cc(Cl)ccc4s3)C2=O)C1. The number of benzene rings is 2. The maximum atomic E-state index is 13.7. The summed E-state index contributed by atoms with van der Waals surface area (Å²) in [5.74, 6) is -0.482. The smallest absolute Gasteiger partial charge is 0.253 e. The van der Waals surface area contributed by atoms with Crippen LogP contribution in [0.5, 0.6) is 0 Å². The van der Waals surface area contributed by atoms with Gasteiger partial charge in [0.2, 0.25) is 11.8 Å². The molecule has 0 spiro atoms. The van der Waals surface area contributed by atoms with Gasteiger partial charge in [-0.3, -0.25) is 19.3 Å². The van der Waals surface area contributed by atoms with Crippen LogP contribution in [0.15, 0.2) is 58.8 Å². The molecule has 6 rings (SSSR count). The predicted molar refractivity (Wildman–Crippen MR) is 179 cm³/mol. The molecule has 3 aliphatic heterocycles. The molecule has 1 aromatic heterocycles. The number of nitrogens with zero attached hydrogens (tertiary/aromatic N) is 4. The van der Waals surface area contributed by atoms with E-state index in [9.17, 15) is 22.8 Å². The summed E-state index contributed by atoms with van der Waals surface area (Å²) in [5.41, 5.74) is 0.286. The molecule has 0 bridgehead atoms. The van der Waals surface area contributed by atoms with Crippen molar-refractivity contribution in [2.24, 2.45) is 0 Å². The molecule has 10 nitrogen and oxygen atoms in total. The minimum atomic E-state index is -3.95. The van der Waals surface area contributed by atoms with Crippen LogP contribution in [0.25, 0.3) is 10.1 Å². The Morgan fingerprint density at radius 3 is 2.63 bits per heavy atom. The minimum absolute atomic E-state index is 0.0110. The molecule has 46 heavy (non-hydrogen) atoms. The van der Waals surface area contributed by atoms with Gasteiger partial charge >= 0.3 is 0 Å². The third-order valence-corrected chi connectivity index (χ3v) is 12.9. The van der Waals surface area contributed by atoms with Crippen molar-refractivity contribution in [1.29, 1.82) is 0 Å². The van der Waals surface area contributed by atoms with E-state index in [0.29, 0.717) is 43.1 Å². The van der Waals surface area contributed by atoms with Gasteiger partial charge in [0.15, 0.2) is 0 Å². The van der Waals surface area contributed by atoms with Gasteiger partial charge in [-0.1, -0.05) is 29.8 Å². The predicted octanol–water partition coefficient (Wildman–Crippen LogP) is 4.05. The van der Waals surface area contributed by atoms with E-state index in [-0.39, 0.29) is 34.5 Å². The van der Waals surface area contributed by atoms with Gasteiger partial charge in [-0.25, -0.2) is 8.42 Å². The molecule has 0 radical (unpaired) electrons. The van der Waals surface area contributed by atoms with Crippen molar-refractivity contribution < 1.29 is 22.8 Å². The number of carbonyl (C=O) groups excluding carboxylic acids is 3. The summed E-state index contributed by atoms with van der Waals surface area (Å²) in [4.78, 5) is 47.8. The Kier molecular flexibility index (Phi) is 9.46. The summed E-state index contributed by atoms with van der Waals surface area (Å²) in [7, 11) is -2.09. The van der Waals surface area contributed by atoms with Crippen LogP contribution >= 0.6 is 22.9 Å². The minimum Gasteiger partial charge on any atom is -0.337 e. The summed E-state index contributed by atoms with van der Waals surface area (Å²) in [6, 6.07) is 15.2. The molecule has 3 fully saturated rings. The average Bonchev–Trinajstić information content (AvgIpc) is 3.77. The van der Waals surface area contributed by atoms with E-state index in [4.69, 9.17) is 11.6 Å². The largest absolute Gasteiger partial charge is 0.337 e. The van der Waals surface area contributed by atoms with Crippen LogP contribution in [-0.4, -0.2) is 110 Å². The van der Waals surface area contributed by atoms with Gasteiger partial charge in [0.05, 0.1) is 12.1 Å². The molecular formula is C33H40ClN5O5S2. The fourth-order valence-corrected chi connectivity index (χ4v) is 9.94. The van der Waals surface area contributed by atoms with E-state index in [1.165, 1.54) is 4.90 Å². The number of hydrogen-bond acceptors (Lipinski definition) is 7. The van der Waals surface area contributed by atoms with E-state index in [0.717, 1.165) is 53.8 Å². The monoisotopic (exact) mass is 685 g/mol. The lowest BCUT2D eigenvalue weighted by Crippen LogP contribution is -2.57. The molecule has 4 heterocycles. The average molecular weight is 686 g/mol. The zero-order chi connectivity index (χ0) is 32.6. The van der Waals surface area contributed by atoms with Gasteiger partial charge in [-0.05, 0) is 80.8 Å². The highest BCUT2D eigenvalue weighted by Gasteiger charge is 2.44. The molecule has 1 N–H and O–H groups in total. The Labute approximate surface area is 279 Å². The molecule has 3 saturated heterocycles. The van der Waals surface area contributed by atoms with Crippen molar-refractivity contribution in [2.75, 3.05) is 46.3 Å². The number of halogens is 1. The van der Waals surface area contributed by atoms with Crippen molar-refractivity contribution in [2.45, 2.75) is 60.9 Å². The number of amides is 3. The highest BCUT2D eigenvalue weighted by molar-refractivity contribution is 7.91. The first kappa shape index (κ1) is 32.9. The molecule has 3 atom stereocenters. The number of hydrogen-bond donors (Lipinski definition) is 1. The first-order valence-electron chi connectivity index (χ1n) is 15.8. The molecule has 3 aromatic rings. The first-order chi connectivity index (χ1) is 21.9. The van der Waals surface area contributed by atoms with Gasteiger partial charge in [0.1, 0.15) is 10.3 Å². The van der Waals surface area contributed by atoms with Crippen molar-refractivity contribution >= 4 is 60.8 Å². The van der Waals surface area contributed by atoms with Crippen molar-refractivity contribution in [3.8, 4) is 0 Å². The molecule has 3 aliphatic rings. The second-order valence-corrected chi connectivity index (χ2v) is 16.4. The second-order valence-electron chi connectivity index (χ2n) is 12.9.